The molecule has 1 heterocycles. The molecule has 1 aliphatic heterocycles. The van der Waals surface area contributed by atoms with Gasteiger partial charge in [0.1, 0.15) is 18.4 Å². The molecule has 0 unspecified atom stereocenters. The number of hydrogen-bond acceptors (Lipinski definition) is 5. The Kier molecular flexibility index (Phi) is 6.36. The maximum atomic E-state index is 11.0. The van der Waals surface area contributed by atoms with E-state index < -0.39 is 4.92 Å². The fourth-order valence-electron chi connectivity index (χ4n) is 2.99. The van der Waals surface area contributed by atoms with Crippen LogP contribution in [0.2, 0.25) is 0 Å². The van der Waals surface area contributed by atoms with E-state index in [0.29, 0.717) is 18.4 Å². The molecule has 0 saturated carbocycles. The van der Waals surface area contributed by atoms with Crippen LogP contribution in [0.4, 0.5) is 5.69 Å². The lowest BCUT2D eigenvalue weighted by Gasteiger charge is -2.35. The Balaban J connectivity index is 2.06. The summed E-state index contributed by atoms with van der Waals surface area (Å²) in [7, 11) is 0. The van der Waals surface area contributed by atoms with Crippen molar-refractivity contribution in [2.45, 2.75) is 45.1 Å². The summed E-state index contributed by atoms with van der Waals surface area (Å²) in [5, 5.41) is 20.2. The second kappa shape index (κ2) is 8.49. The van der Waals surface area contributed by atoms with Crippen LogP contribution in [0.25, 0.3) is 0 Å². The highest BCUT2D eigenvalue weighted by Gasteiger charge is 2.24. The summed E-state index contributed by atoms with van der Waals surface area (Å²) in [4.78, 5) is 12.9. The molecule has 1 atom stereocenters. The minimum Gasteiger partial charge on any atom is -0.490 e. The van der Waals surface area contributed by atoms with Crippen molar-refractivity contribution in [3.8, 4) is 11.8 Å². The van der Waals surface area contributed by atoms with Gasteiger partial charge in [0.05, 0.1) is 4.92 Å². The smallest absolute Gasteiger partial charge is 0.290 e. The minimum absolute atomic E-state index is 0.00779. The maximum Gasteiger partial charge on any atom is 0.290 e. The first-order valence-corrected chi connectivity index (χ1v) is 8.21. The Morgan fingerprint density at radius 1 is 1.48 bits per heavy atom. The van der Waals surface area contributed by atoms with Gasteiger partial charge >= 0.3 is 0 Å². The zero-order valence-electron chi connectivity index (χ0n) is 13.5. The molecular weight excluding hydrogens is 294 g/mol. The van der Waals surface area contributed by atoms with E-state index in [2.05, 4.69) is 11.8 Å². The molecule has 1 fully saturated rings. The van der Waals surface area contributed by atoms with Gasteiger partial charge in [-0.05, 0) is 38.4 Å². The van der Waals surface area contributed by atoms with Gasteiger partial charge in [0.15, 0.2) is 5.56 Å². The molecule has 6 heteroatoms. The van der Waals surface area contributed by atoms with E-state index in [1.54, 1.807) is 12.1 Å². The quantitative estimate of drug-likeness (QED) is 0.568. The number of rotatable bonds is 7. The zero-order valence-corrected chi connectivity index (χ0v) is 13.5. The molecule has 1 aromatic rings. The monoisotopic (exact) mass is 317 g/mol. The number of hydrogen-bond donors (Lipinski definition) is 0. The summed E-state index contributed by atoms with van der Waals surface area (Å²) >= 11 is 0. The molecule has 2 rings (SSSR count). The van der Waals surface area contributed by atoms with Gasteiger partial charge in [-0.2, -0.15) is 5.26 Å². The van der Waals surface area contributed by atoms with Crippen LogP contribution in [-0.4, -0.2) is 35.6 Å². The number of benzene rings is 1. The number of piperidine rings is 1. The van der Waals surface area contributed by atoms with Crippen LogP contribution in [0.15, 0.2) is 18.2 Å². The number of nitriles is 1. The van der Waals surface area contributed by atoms with Crippen LogP contribution < -0.4 is 4.74 Å². The Bertz CT molecular complexity index is 583. The van der Waals surface area contributed by atoms with Gasteiger partial charge in [-0.1, -0.05) is 25.8 Å². The molecule has 23 heavy (non-hydrogen) atoms. The van der Waals surface area contributed by atoms with Crippen molar-refractivity contribution in [3.05, 3.63) is 33.9 Å². The van der Waals surface area contributed by atoms with Crippen molar-refractivity contribution in [2.24, 2.45) is 0 Å². The van der Waals surface area contributed by atoms with E-state index >= 15 is 0 Å². The van der Waals surface area contributed by atoms with Crippen molar-refractivity contribution in [3.63, 3.8) is 0 Å². The largest absolute Gasteiger partial charge is 0.490 e. The third-order valence-corrected chi connectivity index (χ3v) is 4.29. The molecule has 124 valence electrons. The molecular formula is C17H23N3O3. The second-order valence-corrected chi connectivity index (χ2v) is 5.87. The summed E-state index contributed by atoms with van der Waals surface area (Å²) in [5.41, 5.74) is -0.190. The average molecular weight is 317 g/mol. The lowest BCUT2D eigenvalue weighted by atomic mass is 10.0. The van der Waals surface area contributed by atoms with Gasteiger partial charge in [-0.3, -0.25) is 15.0 Å². The molecule has 0 bridgehead atoms. The number of likely N-dealkylation sites (tertiary alicyclic amines) is 1. The van der Waals surface area contributed by atoms with E-state index in [1.165, 1.54) is 18.9 Å². The highest BCUT2D eigenvalue weighted by molar-refractivity contribution is 5.56. The van der Waals surface area contributed by atoms with Crippen molar-refractivity contribution in [1.29, 1.82) is 5.26 Å². The Labute approximate surface area is 136 Å². The van der Waals surface area contributed by atoms with Gasteiger partial charge in [0.2, 0.25) is 0 Å². The summed E-state index contributed by atoms with van der Waals surface area (Å²) in [6.45, 7) is 4.79. The first-order chi connectivity index (χ1) is 11.2. The van der Waals surface area contributed by atoms with Gasteiger partial charge in [0, 0.05) is 12.1 Å². The van der Waals surface area contributed by atoms with Crippen LogP contribution in [-0.2, 0) is 0 Å². The first-order valence-electron chi connectivity index (χ1n) is 8.21. The molecule has 1 saturated heterocycles. The third-order valence-electron chi connectivity index (χ3n) is 4.29. The van der Waals surface area contributed by atoms with E-state index in [-0.39, 0.29) is 11.3 Å². The lowest BCUT2D eigenvalue weighted by Crippen LogP contribution is -2.43. The van der Waals surface area contributed by atoms with E-state index in [0.717, 1.165) is 32.4 Å². The van der Waals surface area contributed by atoms with Crippen molar-refractivity contribution < 1.29 is 9.66 Å². The highest BCUT2D eigenvalue weighted by atomic mass is 16.6. The first kappa shape index (κ1) is 17.2. The van der Waals surface area contributed by atoms with Crippen LogP contribution in [0.3, 0.4) is 0 Å². The topological polar surface area (TPSA) is 79.4 Å². The molecule has 0 amide bonds. The molecule has 6 nitrogen and oxygen atoms in total. The fraction of sp³-hybridized carbons (Fsp3) is 0.588. The summed E-state index contributed by atoms with van der Waals surface area (Å²) in [6.07, 6.45) is 5.78. The summed E-state index contributed by atoms with van der Waals surface area (Å²) < 4.78 is 5.80. The fourth-order valence-corrected chi connectivity index (χ4v) is 2.99. The van der Waals surface area contributed by atoms with Crippen molar-refractivity contribution >= 4 is 5.69 Å². The molecule has 1 aliphatic rings. The Morgan fingerprint density at radius 3 is 3.00 bits per heavy atom. The van der Waals surface area contributed by atoms with E-state index in [9.17, 15) is 15.4 Å². The zero-order chi connectivity index (χ0) is 16.7. The lowest BCUT2D eigenvalue weighted by molar-refractivity contribution is -0.385. The number of unbranched alkanes of at least 4 members (excludes halogenated alkanes) is 1. The normalized spacial score (nSPS) is 18.3. The molecule has 0 radical (unpaired) electrons. The van der Waals surface area contributed by atoms with Gasteiger partial charge in [0.25, 0.3) is 5.69 Å². The van der Waals surface area contributed by atoms with E-state index in [4.69, 9.17) is 4.74 Å². The minimum atomic E-state index is -0.542. The SMILES string of the molecule is CCCCN1CCCC[C@@H]1COc1cccc([N+](=O)[O-])c1C#N. The van der Waals surface area contributed by atoms with Crippen molar-refractivity contribution in [1.82, 2.24) is 4.90 Å². The van der Waals surface area contributed by atoms with Crippen molar-refractivity contribution in [2.75, 3.05) is 19.7 Å². The van der Waals surface area contributed by atoms with E-state index in [1.807, 2.05) is 6.07 Å². The molecule has 0 spiro atoms. The summed E-state index contributed by atoms with van der Waals surface area (Å²) in [6, 6.07) is 6.74. The molecule has 1 aromatic carbocycles. The predicted octanol–water partition coefficient (Wildman–Crippen LogP) is 3.50. The van der Waals surface area contributed by atoms with Gasteiger partial charge < -0.3 is 4.74 Å². The van der Waals surface area contributed by atoms with Crippen LogP contribution >= 0.6 is 0 Å². The van der Waals surface area contributed by atoms with Gasteiger partial charge in [-0.15, -0.1) is 0 Å². The second-order valence-electron chi connectivity index (χ2n) is 5.87. The number of nitro benzene ring substituents is 1. The molecule has 0 N–H and O–H groups in total. The maximum absolute atomic E-state index is 11.0. The van der Waals surface area contributed by atoms with Crippen LogP contribution in [0.5, 0.6) is 5.75 Å². The number of nitrogens with zero attached hydrogens (tertiary/aromatic N) is 3. The third kappa shape index (κ3) is 4.42. The number of ether oxygens (including phenoxy) is 1. The average Bonchev–Trinajstić information content (AvgIpc) is 2.58. The standard InChI is InChI=1S/C17H23N3O3/c1-2-3-10-19-11-5-4-7-14(19)13-23-17-9-6-8-16(20(21)22)15(17)12-18/h6,8-9,14H,2-5,7,10-11,13H2,1H3/t14-/m1/s1. The van der Waals surface area contributed by atoms with Crippen LogP contribution in [0.1, 0.15) is 44.6 Å². The number of nitro groups is 1. The molecule has 0 aliphatic carbocycles. The Hall–Kier alpha value is -2.13. The van der Waals surface area contributed by atoms with Crippen LogP contribution in [0, 0.1) is 21.4 Å². The predicted molar refractivity (Wildman–Crippen MR) is 87.4 cm³/mol. The summed E-state index contributed by atoms with van der Waals surface area (Å²) in [5.74, 6) is 0.308. The highest BCUT2D eigenvalue weighted by Crippen LogP contribution is 2.28. The van der Waals surface area contributed by atoms with Gasteiger partial charge in [-0.25, -0.2) is 0 Å². The Morgan fingerprint density at radius 2 is 2.30 bits per heavy atom. The molecule has 0 aromatic heterocycles.